The third-order valence-corrected chi connectivity index (χ3v) is 4.14. The third kappa shape index (κ3) is 2.88. The van der Waals surface area contributed by atoms with Crippen LogP contribution in [0.15, 0.2) is 35.2 Å². The minimum atomic E-state index is -0.387. The Morgan fingerprint density at radius 3 is 3.05 bits per heavy atom. The highest BCUT2D eigenvalue weighted by Crippen LogP contribution is 2.32. The standard InChI is InChI=1S/C14H15N3O3S/c1-10-7-16(8-13(20-10)11-4-6-21-9-11)14-12(17(18)19)3-2-5-15-14/h2-6,9-10,13H,7-8H2,1H3/t10-,13+/m0/s1. The average Bonchev–Trinajstić information content (AvgIpc) is 3.01. The second kappa shape index (κ2) is 5.79. The van der Waals surface area contributed by atoms with Crippen molar-refractivity contribution in [2.75, 3.05) is 18.0 Å². The number of aromatic nitrogens is 1. The molecule has 3 heterocycles. The van der Waals surface area contributed by atoms with Gasteiger partial charge in [-0.3, -0.25) is 10.1 Å². The highest BCUT2D eigenvalue weighted by atomic mass is 32.1. The summed E-state index contributed by atoms with van der Waals surface area (Å²) in [6.45, 7) is 3.14. The van der Waals surface area contributed by atoms with E-state index >= 15 is 0 Å². The number of anilines is 1. The summed E-state index contributed by atoms with van der Waals surface area (Å²) in [6, 6.07) is 5.10. The number of hydrogen-bond acceptors (Lipinski definition) is 6. The van der Waals surface area contributed by atoms with E-state index in [1.165, 1.54) is 6.07 Å². The predicted molar refractivity (Wildman–Crippen MR) is 80.7 cm³/mol. The molecule has 0 unspecified atom stereocenters. The van der Waals surface area contributed by atoms with E-state index in [-0.39, 0.29) is 22.8 Å². The molecule has 21 heavy (non-hydrogen) atoms. The van der Waals surface area contributed by atoms with Crippen molar-refractivity contribution >= 4 is 22.8 Å². The van der Waals surface area contributed by atoms with Gasteiger partial charge in [0.25, 0.3) is 0 Å². The number of pyridine rings is 1. The van der Waals surface area contributed by atoms with Gasteiger partial charge in [0.15, 0.2) is 0 Å². The van der Waals surface area contributed by atoms with E-state index in [9.17, 15) is 10.1 Å². The molecule has 2 aromatic heterocycles. The minimum Gasteiger partial charge on any atom is -0.367 e. The molecule has 0 bridgehead atoms. The van der Waals surface area contributed by atoms with Gasteiger partial charge in [-0.1, -0.05) is 0 Å². The number of morpholine rings is 1. The van der Waals surface area contributed by atoms with Crippen molar-refractivity contribution in [1.29, 1.82) is 0 Å². The fourth-order valence-corrected chi connectivity index (χ4v) is 3.24. The molecule has 3 rings (SSSR count). The van der Waals surface area contributed by atoms with E-state index in [1.54, 1.807) is 23.6 Å². The lowest BCUT2D eigenvalue weighted by Gasteiger charge is -2.37. The van der Waals surface area contributed by atoms with Crippen LogP contribution in [-0.4, -0.2) is 29.1 Å². The molecule has 0 amide bonds. The first kappa shape index (κ1) is 14.0. The summed E-state index contributed by atoms with van der Waals surface area (Å²) in [4.78, 5) is 16.9. The van der Waals surface area contributed by atoms with Crippen molar-refractivity contribution in [1.82, 2.24) is 4.98 Å². The van der Waals surface area contributed by atoms with E-state index in [0.717, 1.165) is 5.56 Å². The second-order valence-corrected chi connectivity index (χ2v) is 5.78. The molecule has 1 fully saturated rings. The van der Waals surface area contributed by atoms with Crippen molar-refractivity contribution < 1.29 is 9.66 Å². The van der Waals surface area contributed by atoms with Crippen LogP contribution in [0, 0.1) is 10.1 Å². The van der Waals surface area contributed by atoms with Crippen LogP contribution in [0.2, 0.25) is 0 Å². The fourth-order valence-electron chi connectivity index (χ4n) is 2.54. The zero-order valence-corrected chi connectivity index (χ0v) is 12.3. The summed E-state index contributed by atoms with van der Waals surface area (Å²) in [5, 5.41) is 15.2. The van der Waals surface area contributed by atoms with Gasteiger partial charge in [0.05, 0.1) is 17.6 Å². The van der Waals surface area contributed by atoms with Gasteiger partial charge in [-0.15, -0.1) is 0 Å². The van der Waals surface area contributed by atoms with Crippen molar-refractivity contribution in [3.05, 3.63) is 50.8 Å². The minimum absolute atomic E-state index is 0.00902. The Morgan fingerprint density at radius 1 is 1.48 bits per heavy atom. The average molecular weight is 305 g/mol. The Morgan fingerprint density at radius 2 is 2.33 bits per heavy atom. The molecular formula is C14H15N3O3S. The molecule has 6 nitrogen and oxygen atoms in total. The lowest BCUT2D eigenvalue weighted by molar-refractivity contribution is -0.384. The normalized spacial score (nSPS) is 22.2. The third-order valence-electron chi connectivity index (χ3n) is 3.44. The van der Waals surface area contributed by atoms with Gasteiger partial charge in [-0.25, -0.2) is 4.98 Å². The lowest BCUT2D eigenvalue weighted by Crippen LogP contribution is -2.43. The molecule has 0 aliphatic carbocycles. The van der Waals surface area contributed by atoms with E-state index in [0.29, 0.717) is 18.9 Å². The van der Waals surface area contributed by atoms with Crippen LogP contribution < -0.4 is 4.90 Å². The highest BCUT2D eigenvalue weighted by molar-refractivity contribution is 7.07. The molecule has 1 aliphatic rings. The maximum Gasteiger partial charge on any atom is 0.311 e. The van der Waals surface area contributed by atoms with Crippen LogP contribution in [0.1, 0.15) is 18.6 Å². The molecule has 0 spiro atoms. The smallest absolute Gasteiger partial charge is 0.311 e. The summed E-state index contributed by atoms with van der Waals surface area (Å²) in [5.74, 6) is 0.415. The largest absolute Gasteiger partial charge is 0.367 e. The van der Waals surface area contributed by atoms with Gasteiger partial charge in [0.2, 0.25) is 5.82 Å². The van der Waals surface area contributed by atoms with Crippen LogP contribution in [0.4, 0.5) is 11.5 Å². The van der Waals surface area contributed by atoms with Gasteiger partial charge in [0, 0.05) is 18.8 Å². The summed E-state index contributed by atoms with van der Waals surface area (Å²) in [5.41, 5.74) is 1.14. The Labute approximate surface area is 126 Å². The number of ether oxygens (including phenoxy) is 1. The summed E-state index contributed by atoms with van der Waals surface area (Å²) < 4.78 is 5.95. The predicted octanol–water partition coefficient (Wildman–Crippen LogP) is 3.02. The van der Waals surface area contributed by atoms with Gasteiger partial charge in [-0.05, 0) is 35.4 Å². The number of hydrogen-bond donors (Lipinski definition) is 0. The maximum atomic E-state index is 11.2. The molecule has 1 aliphatic heterocycles. The van der Waals surface area contributed by atoms with Gasteiger partial charge >= 0.3 is 5.69 Å². The molecule has 110 valence electrons. The number of thiophene rings is 1. The van der Waals surface area contributed by atoms with Crippen molar-refractivity contribution in [2.24, 2.45) is 0 Å². The quantitative estimate of drug-likeness (QED) is 0.644. The molecule has 2 aromatic rings. The van der Waals surface area contributed by atoms with Crippen molar-refractivity contribution in [3.8, 4) is 0 Å². The molecule has 0 radical (unpaired) electrons. The molecule has 2 atom stereocenters. The van der Waals surface area contributed by atoms with Gasteiger partial charge in [0.1, 0.15) is 6.10 Å². The number of nitro groups is 1. The van der Waals surface area contributed by atoms with Crippen molar-refractivity contribution in [2.45, 2.75) is 19.1 Å². The van der Waals surface area contributed by atoms with Crippen LogP contribution in [0.25, 0.3) is 0 Å². The van der Waals surface area contributed by atoms with Gasteiger partial charge in [-0.2, -0.15) is 11.3 Å². The lowest BCUT2D eigenvalue weighted by atomic mass is 10.1. The molecule has 1 saturated heterocycles. The first-order valence-electron chi connectivity index (χ1n) is 6.67. The van der Waals surface area contributed by atoms with Crippen LogP contribution >= 0.6 is 11.3 Å². The fraction of sp³-hybridized carbons (Fsp3) is 0.357. The first-order valence-corrected chi connectivity index (χ1v) is 7.61. The topological polar surface area (TPSA) is 68.5 Å². The zero-order chi connectivity index (χ0) is 14.8. The molecule has 7 heteroatoms. The Bertz CT molecular complexity index is 632. The van der Waals surface area contributed by atoms with E-state index < -0.39 is 0 Å². The molecule has 0 saturated carbocycles. The summed E-state index contributed by atoms with van der Waals surface area (Å²) >= 11 is 1.62. The zero-order valence-electron chi connectivity index (χ0n) is 11.5. The monoisotopic (exact) mass is 305 g/mol. The summed E-state index contributed by atoms with van der Waals surface area (Å²) in [7, 11) is 0. The van der Waals surface area contributed by atoms with Crippen molar-refractivity contribution in [3.63, 3.8) is 0 Å². The Balaban J connectivity index is 1.90. The molecular weight excluding hydrogens is 290 g/mol. The number of rotatable bonds is 3. The number of nitrogens with zero attached hydrogens (tertiary/aromatic N) is 3. The van der Waals surface area contributed by atoms with Gasteiger partial charge < -0.3 is 9.64 Å². The highest BCUT2D eigenvalue weighted by Gasteiger charge is 2.31. The SMILES string of the molecule is C[C@H]1CN(c2ncccc2[N+](=O)[O-])C[C@H](c2ccsc2)O1. The van der Waals surface area contributed by atoms with Crippen LogP contribution in [0.5, 0.6) is 0 Å². The maximum absolute atomic E-state index is 11.2. The second-order valence-electron chi connectivity index (χ2n) is 5.00. The van der Waals surface area contributed by atoms with E-state index in [2.05, 4.69) is 4.98 Å². The Hall–Kier alpha value is -1.99. The molecule has 0 aromatic carbocycles. The van der Waals surface area contributed by atoms with Crippen LogP contribution in [0.3, 0.4) is 0 Å². The van der Waals surface area contributed by atoms with E-state index in [4.69, 9.17) is 4.74 Å². The molecule has 0 N–H and O–H groups in total. The van der Waals surface area contributed by atoms with E-state index in [1.807, 2.05) is 28.7 Å². The first-order chi connectivity index (χ1) is 10.1. The van der Waals surface area contributed by atoms with Crippen LogP contribution in [-0.2, 0) is 4.74 Å². The Kier molecular flexibility index (Phi) is 3.85. The summed E-state index contributed by atoms with van der Waals surface area (Å²) in [6.07, 6.45) is 1.49.